The minimum absolute atomic E-state index is 0.693. The SMILES string of the molecule is CC1CCC(NCC2CN(C)CCN2C)CC1C. The first-order chi connectivity index (χ1) is 8.56. The van der Waals surface area contributed by atoms with Crippen LogP contribution in [0.5, 0.6) is 0 Å². The van der Waals surface area contributed by atoms with Gasteiger partial charge in [0.2, 0.25) is 0 Å². The first kappa shape index (κ1) is 14.3. The average molecular weight is 253 g/mol. The minimum atomic E-state index is 0.693. The molecule has 2 fully saturated rings. The van der Waals surface area contributed by atoms with Gasteiger partial charge < -0.3 is 10.2 Å². The number of hydrogen-bond acceptors (Lipinski definition) is 3. The van der Waals surface area contributed by atoms with Crippen molar-refractivity contribution in [3.05, 3.63) is 0 Å². The summed E-state index contributed by atoms with van der Waals surface area (Å²) in [6.07, 6.45) is 4.14. The molecular formula is C15H31N3. The van der Waals surface area contributed by atoms with Gasteiger partial charge in [0.05, 0.1) is 0 Å². The third kappa shape index (κ3) is 3.69. The fourth-order valence-electron chi connectivity index (χ4n) is 3.36. The minimum Gasteiger partial charge on any atom is -0.312 e. The van der Waals surface area contributed by atoms with E-state index in [0.29, 0.717) is 6.04 Å². The Morgan fingerprint density at radius 3 is 2.56 bits per heavy atom. The van der Waals surface area contributed by atoms with Gasteiger partial charge in [-0.15, -0.1) is 0 Å². The van der Waals surface area contributed by atoms with Crippen molar-refractivity contribution >= 4 is 0 Å². The highest BCUT2D eigenvalue weighted by Gasteiger charge is 2.26. The van der Waals surface area contributed by atoms with Crippen molar-refractivity contribution in [2.45, 2.75) is 45.2 Å². The zero-order chi connectivity index (χ0) is 13.1. The second-order valence-corrected chi connectivity index (χ2v) is 6.77. The van der Waals surface area contributed by atoms with E-state index < -0.39 is 0 Å². The number of nitrogens with zero attached hydrogens (tertiary/aromatic N) is 2. The van der Waals surface area contributed by atoms with Crippen LogP contribution in [-0.4, -0.2) is 62.2 Å². The van der Waals surface area contributed by atoms with Crippen LogP contribution in [0.15, 0.2) is 0 Å². The molecule has 1 aliphatic carbocycles. The summed E-state index contributed by atoms with van der Waals surface area (Å²) in [5, 5.41) is 3.82. The van der Waals surface area contributed by atoms with Crippen molar-refractivity contribution in [2.24, 2.45) is 11.8 Å². The molecule has 4 atom stereocenters. The zero-order valence-electron chi connectivity index (χ0n) is 12.7. The average Bonchev–Trinajstić information content (AvgIpc) is 2.34. The third-order valence-electron chi connectivity index (χ3n) is 5.22. The van der Waals surface area contributed by atoms with Crippen LogP contribution in [0.2, 0.25) is 0 Å². The predicted octanol–water partition coefficient (Wildman–Crippen LogP) is 1.65. The second-order valence-electron chi connectivity index (χ2n) is 6.77. The van der Waals surface area contributed by atoms with Crippen LogP contribution >= 0.6 is 0 Å². The number of likely N-dealkylation sites (N-methyl/N-ethyl adjacent to an activating group) is 2. The van der Waals surface area contributed by atoms with Crippen LogP contribution in [0.1, 0.15) is 33.1 Å². The summed E-state index contributed by atoms with van der Waals surface area (Å²) in [5.74, 6) is 1.81. The summed E-state index contributed by atoms with van der Waals surface area (Å²) in [6, 6.07) is 1.45. The number of piperazine rings is 1. The van der Waals surface area contributed by atoms with Crippen molar-refractivity contribution in [1.29, 1.82) is 0 Å². The van der Waals surface area contributed by atoms with Crippen molar-refractivity contribution in [1.82, 2.24) is 15.1 Å². The lowest BCUT2D eigenvalue weighted by Gasteiger charge is -2.39. The molecule has 0 spiro atoms. The molecular weight excluding hydrogens is 222 g/mol. The number of hydrogen-bond donors (Lipinski definition) is 1. The Balaban J connectivity index is 1.74. The molecule has 3 nitrogen and oxygen atoms in total. The zero-order valence-corrected chi connectivity index (χ0v) is 12.7. The standard InChI is InChI=1S/C15H31N3/c1-12-5-6-14(9-13(12)2)16-10-15-11-17(3)7-8-18(15)4/h12-16H,5-11H2,1-4H3. The van der Waals surface area contributed by atoms with Gasteiger partial charge in [-0.1, -0.05) is 13.8 Å². The summed E-state index contributed by atoms with van der Waals surface area (Å²) in [7, 11) is 4.51. The molecule has 0 bridgehead atoms. The van der Waals surface area contributed by atoms with E-state index in [0.717, 1.165) is 24.4 Å². The van der Waals surface area contributed by atoms with Crippen LogP contribution in [0.3, 0.4) is 0 Å². The van der Waals surface area contributed by atoms with E-state index in [1.165, 1.54) is 38.9 Å². The molecule has 1 aliphatic heterocycles. The molecule has 0 aromatic carbocycles. The second kappa shape index (κ2) is 6.36. The van der Waals surface area contributed by atoms with Gasteiger partial charge >= 0.3 is 0 Å². The summed E-state index contributed by atoms with van der Waals surface area (Å²) < 4.78 is 0. The van der Waals surface area contributed by atoms with Crippen molar-refractivity contribution in [3.8, 4) is 0 Å². The Hall–Kier alpha value is -0.120. The maximum atomic E-state index is 3.82. The van der Waals surface area contributed by atoms with E-state index in [4.69, 9.17) is 0 Å². The van der Waals surface area contributed by atoms with Crippen molar-refractivity contribution in [3.63, 3.8) is 0 Å². The van der Waals surface area contributed by atoms with Gasteiger partial charge in [0.15, 0.2) is 0 Å². The van der Waals surface area contributed by atoms with E-state index in [9.17, 15) is 0 Å². The van der Waals surface area contributed by atoms with E-state index >= 15 is 0 Å². The molecule has 3 heteroatoms. The fourth-order valence-corrected chi connectivity index (χ4v) is 3.36. The highest BCUT2D eigenvalue weighted by atomic mass is 15.3. The maximum absolute atomic E-state index is 3.82. The molecule has 0 aromatic rings. The highest BCUT2D eigenvalue weighted by molar-refractivity contribution is 4.84. The molecule has 0 amide bonds. The smallest absolute Gasteiger partial charge is 0.0345 e. The molecule has 1 saturated heterocycles. The lowest BCUT2D eigenvalue weighted by atomic mass is 9.79. The van der Waals surface area contributed by atoms with E-state index in [1.54, 1.807) is 0 Å². The lowest BCUT2D eigenvalue weighted by molar-refractivity contribution is 0.107. The monoisotopic (exact) mass is 253 g/mol. The predicted molar refractivity (Wildman–Crippen MR) is 77.9 cm³/mol. The number of nitrogens with one attached hydrogen (secondary N) is 1. The molecule has 1 heterocycles. The number of rotatable bonds is 3. The van der Waals surface area contributed by atoms with Crippen molar-refractivity contribution in [2.75, 3.05) is 40.3 Å². The Kier molecular flexibility index (Phi) is 5.05. The molecule has 106 valence electrons. The molecule has 4 unspecified atom stereocenters. The normalized spacial score (nSPS) is 40.0. The molecule has 0 aromatic heterocycles. The van der Waals surface area contributed by atoms with Crippen LogP contribution in [0.25, 0.3) is 0 Å². The van der Waals surface area contributed by atoms with E-state index in [1.807, 2.05) is 0 Å². The Bertz CT molecular complexity index is 256. The van der Waals surface area contributed by atoms with Gasteiger partial charge in [-0.2, -0.15) is 0 Å². The van der Waals surface area contributed by atoms with Gasteiger partial charge in [0.25, 0.3) is 0 Å². The molecule has 0 radical (unpaired) electrons. The summed E-state index contributed by atoms with van der Waals surface area (Å²) >= 11 is 0. The van der Waals surface area contributed by atoms with Crippen LogP contribution in [0, 0.1) is 11.8 Å². The first-order valence-electron chi connectivity index (χ1n) is 7.68. The molecule has 18 heavy (non-hydrogen) atoms. The fraction of sp³-hybridized carbons (Fsp3) is 1.00. The van der Waals surface area contributed by atoms with E-state index in [-0.39, 0.29) is 0 Å². The van der Waals surface area contributed by atoms with Gasteiger partial charge in [0, 0.05) is 38.3 Å². The summed E-state index contributed by atoms with van der Waals surface area (Å²) in [5.41, 5.74) is 0. The third-order valence-corrected chi connectivity index (χ3v) is 5.22. The van der Waals surface area contributed by atoms with Gasteiger partial charge in [-0.05, 0) is 45.2 Å². The maximum Gasteiger partial charge on any atom is 0.0345 e. The summed E-state index contributed by atoms with van der Waals surface area (Å²) in [6.45, 7) is 9.62. The molecule has 2 aliphatic rings. The van der Waals surface area contributed by atoms with Gasteiger partial charge in [0.1, 0.15) is 0 Å². The van der Waals surface area contributed by atoms with E-state index in [2.05, 4.69) is 43.1 Å². The molecule has 1 N–H and O–H groups in total. The van der Waals surface area contributed by atoms with Gasteiger partial charge in [-0.25, -0.2) is 0 Å². The topological polar surface area (TPSA) is 18.5 Å². The Labute approximate surface area is 113 Å². The lowest BCUT2D eigenvalue weighted by Crippen LogP contribution is -2.55. The Morgan fingerprint density at radius 1 is 1.06 bits per heavy atom. The molecule has 1 saturated carbocycles. The first-order valence-corrected chi connectivity index (χ1v) is 7.68. The molecule has 2 rings (SSSR count). The van der Waals surface area contributed by atoms with Crippen LogP contribution < -0.4 is 5.32 Å². The highest BCUT2D eigenvalue weighted by Crippen LogP contribution is 2.29. The van der Waals surface area contributed by atoms with Crippen LogP contribution in [0.4, 0.5) is 0 Å². The van der Waals surface area contributed by atoms with Crippen LogP contribution in [-0.2, 0) is 0 Å². The Morgan fingerprint density at radius 2 is 1.83 bits per heavy atom. The quantitative estimate of drug-likeness (QED) is 0.825. The van der Waals surface area contributed by atoms with Gasteiger partial charge in [-0.3, -0.25) is 4.90 Å². The largest absolute Gasteiger partial charge is 0.312 e. The van der Waals surface area contributed by atoms with Crippen molar-refractivity contribution < 1.29 is 0 Å². The summed E-state index contributed by atoms with van der Waals surface area (Å²) in [4.78, 5) is 4.97.